The molecule has 2 aromatic carbocycles. The Morgan fingerprint density at radius 2 is 1.76 bits per heavy atom. The van der Waals surface area contributed by atoms with Crippen molar-refractivity contribution < 1.29 is 14.6 Å². The van der Waals surface area contributed by atoms with Gasteiger partial charge in [0.05, 0.1) is 17.8 Å². The summed E-state index contributed by atoms with van der Waals surface area (Å²) in [5, 5.41) is 13.6. The molecule has 0 amide bonds. The Morgan fingerprint density at radius 3 is 2.48 bits per heavy atom. The molecule has 0 bridgehead atoms. The average molecular weight is 308 g/mol. The minimum atomic E-state index is -0.661. The van der Waals surface area contributed by atoms with Crippen LogP contribution in [0.5, 0.6) is 11.5 Å². The number of rotatable bonds is 7. The molecule has 112 valence electrons. The molecule has 0 aromatic heterocycles. The number of methoxy groups -OCH3 is 1. The summed E-state index contributed by atoms with van der Waals surface area (Å²) in [6, 6.07) is 14.7. The van der Waals surface area contributed by atoms with Gasteiger partial charge in [0, 0.05) is 6.54 Å². The van der Waals surface area contributed by atoms with E-state index < -0.39 is 6.10 Å². The Hall–Kier alpha value is -1.91. The fraction of sp³-hybridized carbons (Fsp3) is 0.250. The second kappa shape index (κ2) is 7.76. The van der Waals surface area contributed by atoms with Gasteiger partial charge in [-0.25, -0.2) is 0 Å². The summed E-state index contributed by atoms with van der Waals surface area (Å²) in [4.78, 5) is 0. The number of nitrogens with one attached hydrogen (secondary N) is 1. The SMILES string of the molecule is COc1ccccc1NCC(O)COc1ccccc1Cl. The Labute approximate surface area is 129 Å². The minimum Gasteiger partial charge on any atom is -0.495 e. The normalized spacial score (nSPS) is 11.8. The van der Waals surface area contributed by atoms with Gasteiger partial charge in [0.2, 0.25) is 0 Å². The fourth-order valence-electron chi connectivity index (χ4n) is 1.83. The number of aliphatic hydroxyl groups is 1. The van der Waals surface area contributed by atoms with Crippen molar-refractivity contribution in [3.8, 4) is 11.5 Å². The molecule has 2 rings (SSSR count). The zero-order chi connectivity index (χ0) is 15.1. The predicted molar refractivity (Wildman–Crippen MR) is 84.4 cm³/mol. The van der Waals surface area contributed by atoms with Crippen molar-refractivity contribution in [2.75, 3.05) is 25.6 Å². The van der Waals surface area contributed by atoms with Crippen LogP contribution in [0.1, 0.15) is 0 Å². The van der Waals surface area contributed by atoms with E-state index in [0.717, 1.165) is 11.4 Å². The van der Waals surface area contributed by atoms with Gasteiger partial charge >= 0.3 is 0 Å². The summed E-state index contributed by atoms with van der Waals surface area (Å²) >= 11 is 5.98. The van der Waals surface area contributed by atoms with Crippen molar-refractivity contribution in [3.63, 3.8) is 0 Å². The summed E-state index contributed by atoms with van der Waals surface area (Å²) in [5.74, 6) is 1.30. The summed E-state index contributed by atoms with van der Waals surface area (Å²) in [7, 11) is 1.61. The van der Waals surface area contributed by atoms with Crippen LogP contribution in [0.4, 0.5) is 5.69 Å². The van der Waals surface area contributed by atoms with Gasteiger partial charge in [-0.1, -0.05) is 35.9 Å². The summed E-state index contributed by atoms with van der Waals surface area (Å²) in [6.45, 7) is 0.511. The predicted octanol–water partition coefficient (Wildman–Crippen LogP) is 3.20. The van der Waals surface area contributed by atoms with Crippen LogP contribution in [0.25, 0.3) is 0 Å². The molecule has 1 unspecified atom stereocenters. The van der Waals surface area contributed by atoms with E-state index in [9.17, 15) is 5.11 Å². The lowest BCUT2D eigenvalue weighted by Gasteiger charge is -2.16. The monoisotopic (exact) mass is 307 g/mol. The van der Waals surface area contributed by atoms with E-state index in [2.05, 4.69) is 5.32 Å². The highest BCUT2D eigenvalue weighted by Crippen LogP contribution is 2.24. The molecular weight excluding hydrogens is 290 g/mol. The maximum absolute atomic E-state index is 9.95. The molecule has 2 N–H and O–H groups in total. The molecule has 5 heteroatoms. The quantitative estimate of drug-likeness (QED) is 0.825. The summed E-state index contributed by atoms with van der Waals surface area (Å²) in [5.41, 5.74) is 0.830. The van der Waals surface area contributed by atoms with Gasteiger partial charge in [0.1, 0.15) is 24.2 Å². The lowest BCUT2D eigenvalue weighted by molar-refractivity contribution is 0.117. The van der Waals surface area contributed by atoms with E-state index in [1.165, 1.54) is 0 Å². The number of halogens is 1. The standard InChI is InChI=1S/C16H18ClNO3/c1-20-16-9-5-3-7-14(16)18-10-12(19)11-21-15-8-4-2-6-13(15)17/h2-9,12,18-19H,10-11H2,1H3. The van der Waals surface area contributed by atoms with Crippen molar-refractivity contribution >= 4 is 17.3 Å². The molecule has 0 radical (unpaired) electrons. The van der Waals surface area contributed by atoms with E-state index in [1.807, 2.05) is 36.4 Å². The van der Waals surface area contributed by atoms with E-state index in [4.69, 9.17) is 21.1 Å². The topological polar surface area (TPSA) is 50.7 Å². The molecule has 0 aliphatic rings. The van der Waals surface area contributed by atoms with Gasteiger partial charge in [-0.3, -0.25) is 0 Å². The van der Waals surface area contributed by atoms with Crippen molar-refractivity contribution in [1.29, 1.82) is 0 Å². The Bertz CT molecular complexity index is 577. The molecule has 4 nitrogen and oxygen atoms in total. The number of hydrogen-bond acceptors (Lipinski definition) is 4. The van der Waals surface area contributed by atoms with E-state index in [1.54, 1.807) is 19.2 Å². The van der Waals surface area contributed by atoms with Gasteiger partial charge in [-0.2, -0.15) is 0 Å². The number of para-hydroxylation sites is 3. The molecule has 0 fully saturated rings. The van der Waals surface area contributed by atoms with Gasteiger partial charge in [0.15, 0.2) is 0 Å². The van der Waals surface area contributed by atoms with Crippen LogP contribution in [-0.4, -0.2) is 31.5 Å². The first kappa shape index (κ1) is 15.5. The van der Waals surface area contributed by atoms with Crippen LogP contribution in [0.2, 0.25) is 5.02 Å². The number of aliphatic hydroxyl groups excluding tert-OH is 1. The van der Waals surface area contributed by atoms with E-state index in [-0.39, 0.29) is 6.61 Å². The first-order valence-corrected chi connectivity index (χ1v) is 7.01. The maximum Gasteiger partial charge on any atom is 0.141 e. The molecule has 21 heavy (non-hydrogen) atoms. The smallest absolute Gasteiger partial charge is 0.141 e. The first-order chi connectivity index (χ1) is 10.2. The Kier molecular flexibility index (Phi) is 5.72. The Balaban J connectivity index is 1.82. The number of anilines is 1. The number of hydrogen-bond donors (Lipinski definition) is 2. The molecule has 0 aliphatic heterocycles. The van der Waals surface area contributed by atoms with Crippen LogP contribution in [-0.2, 0) is 0 Å². The highest BCUT2D eigenvalue weighted by atomic mass is 35.5. The zero-order valence-corrected chi connectivity index (χ0v) is 12.5. The van der Waals surface area contributed by atoms with E-state index >= 15 is 0 Å². The van der Waals surface area contributed by atoms with Crippen molar-refractivity contribution in [1.82, 2.24) is 0 Å². The third-order valence-corrected chi connectivity index (χ3v) is 3.22. The number of benzene rings is 2. The largest absolute Gasteiger partial charge is 0.495 e. The van der Waals surface area contributed by atoms with Crippen LogP contribution in [0.15, 0.2) is 48.5 Å². The highest BCUT2D eigenvalue weighted by Gasteiger charge is 2.08. The fourth-order valence-corrected chi connectivity index (χ4v) is 2.02. The van der Waals surface area contributed by atoms with Gasteiger partial charge < -0.3 is 19.9 Å². The van der Waals surface area contributed by atoms with Crippen molar-refractivity contribution in [2.45, 2.75) is 6.10 Å². The summed E-state index contributed by atoms with van der Waals surface area (Å²) < 4.78 is 10.7. The second-order valence-electron chi connectivity index (χ2n) is 4.48. The molecular formula is C16H18ClNO3. The molecule has 0 aliphatic carbocycles. The highest BCUT2D eigenvalue weighted by molar-refractivity contribution is 6.32. The van der Waals surface area contributed by atoms with Crippen LogP contribution in [0, 0.1) is 0 Å². The molecule has 0 saturated heterocycles. The lowest BCUT2D eigenvalue weighted by Crippen LogP contribution is -2.26. The van der Waals surface area contributed by atoms with E-state index in [0.29, 0.717) is 17.3 Å². The Morgan fingerprint density at radius 1 is 1.10 bits per heavy atom. The molecule has 1 atom stereocenters. The molecule has 2 aromatic rings. The minimum absolute atomic E-state index is 0.159. The van der Waals surface area contributed by atoms with Gasteiger partial charge in [-0.05, 0) is 24.3 Å². The van der Waals surface area contributed by atoms with Gasteiger partial charge in [0.25, 0.3) is 0 Å². The van der Waals surface area contributed by atoms with Crippen molar-refractivity contribution in [3.05, 3.63) is 53.6 Å². The molecule has 0 heterocycles. The second-order valence-corrected chi connectivity index (χ2v) is 4.88. The van der Waals surface area contributed by atoms with Crippen LogP contribution >= 0.6 is 11.6 Å². The summed E-state index contributed by atoms with van der Waals surface area (Å²) in [6.07, 6.45) is -0.661. The first-order valence-electron chi connectivity index (χ1n) is 6.63. The number of ether oxygens (including phenoxy) is 2. The third kappa shape index (κ3) is 4.55. The average Bonchev–Trinajstić information content (AvgIpc) is 2.52. The van der Waals surface area contributed by atoms with Crippen LogP contribution in [0.3, 0.4) is 0 Å². The maximum atomic E-state index is 9.95. The van der Waals surface area contributed by atoms with Crippen molar-refractivity contribution in [2.24, 2.45) is 0 Å². The molecule has 0 spiro atoms. The zero-order valence-electron chi connectivity index (χ0n) is 11.8. The van der Waals surface area contributed by atoms with Crippen LogP contribution < -0.4 is 14.8 Å². The molecule has 0 saturated carbocycles. The third-order valence-electron chi connectivity index (χ3n) is 2.90. The lowest BCUT2D eigenvalue weighted by atomic mass is 10.2. The van der Waals surface area contributed by atoms with Gasteiger partial charge in [-0.15, -0.1) is 0 Å².